The van der Waals surface area contributed by atoms with Crippen molar-refractivity contribution in [1.82, 2.24) is 15.8 Å². The highest BCUT2D eigenvalue weighted by Gasteiger charge is 2.57. The summed E-state index contributed by atoms with van der Waals surface area (Å²) in [4.78, 5) is 28.3. The largest absolute Gasteiger partial charge is 0.437 e. The van der Waals surface area contributed by atoms with Crippen LogP contribution >= 0.6 is 0 Å². The van der Waals surface area contributed by atoms with Crippen LogP contribution in [0, 0.1) is 11.8 Å². The minimum atomic E-state index is -4.55. The SMILES string of the molecule is COC1C2CN(c3cc(C(F)(F)F)cnc3C3NNC(=N[C@H]4N=C(c5ccccc5)c5ccccc5NC4=O)O3)CC21. The van der Waals surface area contributed by atoms with Gasteiger partial charge in [0.1, 0.15) is 5.69 Å². The molecule has 3 fully saturated rings. The normalized spacial score (nSPS) is 27.4. The Labute approximate surface area is 238 Å². The summed E-state index contributed by atoms with van der Waals surface area (Å²) in [5, 5.41) is 2.87. The van der Waals surface area contributed by atoms with Crippen LogP contribution in [0.5, 0.6) is 0 Å². The molecular formula is C29H26F3N7O3. The molecule has 7 rings (SSSR count). The zero-order valence-electron chi connectivity index (χ0n) is 22.3. The molecule has 1 aliphatic carbocycles. The van der Waals surface area contributed by atoms with Crippen molar-refractivity contribution in [3.63, 3.8) is 0 Å². The van der Waals surface area contributed by atoms with E-state index in [2.05, 4.69) is 31.1 Å². The molecule has 1 amide bonds. The van der Waals surface area contributed by atoms with Gasteiger partial charge in [-0.1, -0.05) is 48.5 Å². The van der Waals surface area contributed by atoms with Crippen molar-refractivity contribution >= 4 is 29.0 Å². The summed E-state index contributed by atoms with van der Waals surface area (Å²) < 4.78 is 52.2. The molecule has 0 radical (unpaired) electrons. The number of methoxy groups -OCH3 is 1. The maximum absolute atomic E-state index is 13.6. The number of fused-ring (bicyclic) bond motifs is 2. The molecule has 216 valence electrons. The lowest BCUT2D eigenvalue weighted by molar-refractivity contribution is -0.137. The number of nitrogens with zero attached hydrogens (tertiary/aromatic N) is 4. The van der Waals surface area contributed by atoms with E-state index in [1.165, 1.54) is 0 Å². The molecule has 3 N–H and O–H groups in total. The number of para-hydroxylation sites is 1. The zero-order chi connectivity index (χ0) is 29.0. The zero-order valence-corrected chi connectivity index (χ0v) is 22.3. The van der Waals surface area contributed by atoms with Gasteiger partial charge in [0.05, 0.1) is 28.8 Å². The Hall–Kier alpha value is -4.49. The number of nitrogens with one attached hydrogen (secondary N) is 3. The molecule has 0 bridgehead atoms. The second-order valence-electron chi connectivity index (χ2n) is 10.5. The van der Waals surface area contributed by atoms with Gasteiger partial charge in [0.2, 0.25) is 12.4 Å². The number of aromatic nitrogens is 1. The molecule has 3 aromatic rings. The lowest BCUT2D eigenvalue weighted by atomic mass is 10.0. The van der Waals surface area contributed by atoms with Gasteiger partial charge in [-0.25, -0.2) is 4.99 Å². The number of amides is 1. The number of piperidine rings is 1. The van der Waals surface area contributed by atoms with E-state index in [-0.39, 0.29) is 29.7 Å². The molecule has 2 saturated heterocycles. The van der Waals surface area contributed by atoms with Crippen LogP contribution < -0.4 is 21.1 Å². The van der Waals surface area contributed by atoms with Crippen molar-refractivity contribution in [3.8, 4) is 0 Å². The molecule has 3 unspecified atom stereocenters. The van der Waals surface area contributed by atoms with Crippen molar-refractivity contribution in [1.29, 1.82) is 0 Å². The van der Waals surface area contributed by atoms with E-state index in [9.17, 15) is 18.0 Å². The first-order valence-corrected chi connectivity index (χ1v) is 13.4. The monoisotopic (exact) mass is 577 g/mol. The average Bonchev–Trinajstić information content (AvgIpc) is 3.27. The van der Waals surface area contributed by atoms with Crippen LogP contribution in [-0.2, 0) is 20.4 Å². The Morgan fingerprint density at radius 3 is 2.55 bits per heavy atom. The second-order valence-corrected chi connectivity index (χ2v) is 10.5. The maximum atomic E-state index is 13.6. The summed E-state index contributed by atoms with van der Waals surface area (Å²) in [5.41, 5.74) is 8.15. The maximum Gasteiger partial charge on any atom is 0.417 e. The Kier molecular flexibility index (Phi) is 6.35. The van der Waals surface area contributed by atoms with E-state index in [1.807, 2.05) is 53.4 Å². The van der Waals surface area contributed by atoms with Gasteiger partial charge in [-0.2, -0.15) is 23.6 Å². The highest BCUT2D eigenvalue weighted by atomic mass is 19.4. The number of aliphatic imine (C=N–C) groups is 2. The number of ether oxygens (including phenoxy) is 2. The van der Waals surface area contributed by atoms with Crippen LogP contribution in [0.4, 0.5) is 24.5 Å². The van der Waals surface area contributed by atoms with E-state index in [0.717, 1.165) is 23.4 Å². The number of carbonyl (C=O) groups is 1. The van der Waals surface area contributed by atoms with E-state index in [4.69, 9.17) is 9.47 Å². The number of halogens is 3. The Bertz CT molecular complexity index is 1580. The fourth-order valence-electron chi connectivity index (χ4n) is 5.85. The Balaban J connectivity index is 1.18. The van der Waals surface area contributed by atoms with Gasteiger partial charge < -0.3 is 19.7 Å². The number of benzene rings is 2. The topological polar surface area (TPSA) is 112 Å². The quantitative estimate of drug-likeness (QED) is 0.426. The van der Waals surface area contributed by atoms with Crippen LogP contribution in [-0.4, -0.2) is 55.1 Å². The molecular weight excluding hydrogens is 551 g/mol. The minimum Gasteiger partial charge on any atom is -0.437 e. The molecule has 13 heteroatoms. The number of hydrogen-bond acceptors (Lipinski definition) is 8. The first-order valence-electron chi connectivity index (χ1n) is 13.4. The number of amidine groups is 1. The van der Waals surface area contributed by atoms with Crippen molar-refractivity contribution in [2.45, 2.75) is 24.7 Å². The van der Waals surface area contributed by atoms with Gasteiger partial charge in [-0.15, -0.1) is 0 Å². The number of alkyl halides is 3. The van der Waals surface area contributed by atoms with Gasteiger partial charge in [-0.05, 0) is 12.1 Å². The summed E-state index contributed by atoms with van der Waals surface area (Å²) >= 11 is 0. The predicted octanol–water partition coefficient (Wildman–Crippen LogP) is 3.48. The lowest BCUT2D eigenvalue weighted by Gasteiger charge is -2.26. The number of carbonyl (C=O) groups excluding carboxylic acids is 1. The summed E-state index contributed by atoms with van der Waals surface area (Å²) in [6.07, 6.45) is -5.79. The average molecular weight is 578 g/mol. The third-order valence-corrected chi connectivity index (χ3v) is 7.95. The molecule has 4 atom stereocenters. The van der Waals surface area contributed by atoms with E-state index >= 15 is 0 Å². The minimum absolute atomic E-state index is 0.0429. The molecule has 1 saturated carbocycles. The molecule has 3 aliphatic heterocycles. The van der Waals surface area contributed by atoms with Crippen LogP contribution in [0.25, 0.3) is 0 Å². The second kappa shape index (κ2) is 10.1. The number of hydrazine groups is 1. The third kappa shape index (κ3) is 4.73. The molecule has 0 spiro atoms. The van der Waals surface area contributed by atoms with Gasteiger partial charge in [0.15, 0.2) is 0 Å². The van der Waals surface area contributed by atoms with Crippen molar-refractivity contribution < 1.29 is 27.4 Å². The molecule has 10 nitrogen and oxygen atoms in total. The highest BCUT2D eigenvalue weighted by molar-refractivity contribution is 6.19. The van der Waals surface area contributed by atoms with Crippen molar-refractivity contribution in [2.24, 2.45) is 21.8 Å². The first-order chi connectivity index (χ1) is 20.3. The fourth-order valence-corrected chi connectivity index (χ4v) is 5.85. The van der Waals surface area contributed by atoms with E-state index in [1.54, 1.807) is 13.2 Å². The number of rotatable bonds is 5. The smallest absolute Gasteiger partial charge is 0.417 e. The van der Waals surface area contributed by atoms with Crippen molar-refractivity contribution in [2.75, 3.05) is 30.4 Å². The van der Waals surface area contributed by atoms with Gasteiger partial charge >= 0.3 is 12.2 Å². The van der Waals surface area contributed by atoms with Gasteiger partial charge in [0.25, 0.3) is 5.91 Å². The molecule has 4 aliphatic rings. The fraction of sp³-hybridized carbons (Fsp3) is 0.310. The van der Waals surface area contributed by atoms with Crippen LogP contribution in [0.1, 0.15) is 28.6 Å². The summed E-state index contributed by atoms with van der Waals surface area (Å²) in [7, 11) is 1.65. The highest BCUT2D eigenvalue weighted by Crippen LogP contribution is 2.49. The Morgan fingerprint density at radius 1 is 1.07 bits per heavy atom. The summed E-state index contributed by atoms with van der Waals surface area (Å²) in [6.45, 7) is 1.11. The molecule has 1 aromatic heterocycles. The summed E-state index contributed by atoms with van der Waals surface area (Å²) in [6, 6.07) is 17.8. The third-order valence-electron chi connectivity index (χ3n) is 7.95. The van der Waals surface area contributed by atoms with E-state index < -0.39 is 30.0 Å². The number of pyridine rings is 1. The molecule has 4 heterocycles. The number of benzodiazepines with no additional fused rings is 1. The van der Waals surface area contributed by atoms with Gasteiger partial charge in [0, 0.05) is 49.4 Å². The van der Waals surface area contributed by atoms with Crippen LogP contribution in [0.15, 0.2) is 76.8 Å². The van der Waals surface area contributed by atoms with Crippen LogP contribution in [0.2, 0.25) is 0 Å². The summed E-state index contributed by atoms with van der Waals surface area (Å²) in [5.74, 6) is 0.0614. The number of anilines is 2. The lowest BCUT2D eigenvalue weighted by Crippen LogP contribution is -2.32. The molecule has 2 aromatic carbocycles. The number of hydrogen-bond donors (Lipinski definition) is 3. The van der Waals surface area contributed by atoms with E-state index in [0.29, 0.717) is 30.2 Å². The molecule has 42 heavy (non-hydrogen) atoms. The van der Waals surface area contributed by atoms with Gasteiger partial charge in [-0.3, -0.25) is 15.2 Å². The Morgan fingerprint density at radius 2 is 1.81 bits per heavy atom. The first kappa shape index (κ1) is 26.4. The predicted molar refractivity (Wildman–Crippen MR) is 148 cm³/mol. The van der Waals surface area contributed by atoms with Crippen molar-refractivity contribution in [3.05, 3.63) is 89.2 Å². The van der Waals surface area contributed by atoms with Crippen LogP contribution in [0.3, 0.4) is 0 Å². The standard InChI is InChI=1S/C29H26F3N7O3/c1-41-24-18-13-39(14-19(18)24)21-11-16(29(30,31)32)12-33-23(21)27-37-38-28(42-27)36-25-26(40)34-20-10-6-5-9-17(20)22(35-25)15-7-3-2-4-8-15/h2-12,18-19,24-25,27,37H,13-14H2,1H3,(H,34,40)(H,36,38)/t18?,19?,24?,25-,27?/m1/s1.